The summed E-state index contributed by atoms with van der Waals surface area (Å²) in [4.78, 5) is 36.7. The third-order valence-corrected chi connectivity index (χ3v) is 3.70. The van der Waals surface area contributed by atoms with E-state index >= 15 is 0 Å². The van der Waals surface area contributed by atoms with E-state index in [4.69, 9.17) is 9.47 Å². The first-order valence-corrected chi connectivity index (χ1v) is 7.22. The zero-order valence-electron chi connectivity index (χ0n) is 13.1. The molecule has 1 saturated heterocycles. The smallest absolute Gasteiger partial charge is 0.409 e. The minimum atomic E-state index is -0.558. The molecule has 2 rings (SSSR count). The second-order valence-electron chi connectivity index (χ2n) is 5.19. The van der Waals surface area contributed by atoms with Crippen molar-refractivity contribution >= 4 is 18.0 Å². The largest absolute Gasteiger partial charge is 0.469 e. The second kappa shape index (κ2) is 7.62. The number of hydrogen-bond donors (Lipinski definition) is 0. The Hall–Kier alpha value is -2.57. The number of carbonyl (C=O) groups excluding carboxylic acids is 3. The van der Waals surface area contributed by atoms with E-state index in [1.165, 1.54) is 19.1 Å². The van der Waals surface area contributed by atoms with E-state index in [0.717, 1.165) is 0 Å². The van der Waals surface area contributed by atoms with E-state index in [-0.39, 0.29) is 13.0 Å². The topological polar surface area (TPSA) is 82.1 Å². The molecule has 0 radical (unpaired) electrons. The van der Waals surface area contributed by atoms with Crippen molar-refractivity contribution in [1.82, 2.24) is 4.90 Å². The van der Waals surface area contributed by atoms with Gasteiger partial charge in [0.15, 0.2) is 0 Å². The SMILES string of the molecule is COC(=O)C[C@@H]1C[C@@H](OC(=O)c2ccccc2)CN1C(=O)OC. The van der Waals surface area contributed by atoms with Gasteiger partial charge in [0, 0.05) is 12.5 Å². The molecule has 7 heteroatoms. The Kier molecular flexibility index (Phi) is 5.56. The Morgan fingerprint density at radius 1 is 1.13 bits per heavy atom. The van der Waals surface area contributed by atoms with Crippen LogP contribution in [0.2, 0.25) is 0 Å². The third-order valence-electron chi connectivity index (χ3n) is 3.70. The van der Waals surface area contributed by atoms with Gasteiger partial charge in [-0.1, -0.05) is 18.2 Å². The van der Waals surface area contributed by atoms with Crippen molar-refractivity contribution in [2.75, 3.05) is 20.8 Å². The van der Waals surface area contributed by atoms with Crippen molar-refractivity contribution in [2.45, 2.75) is 25.0 Å². The van der Waals surface area contributed by atoms with E-state index in [0.29, 0.717) is 12.0 Å². The first kappa shape index (κ1) is 16.8. The highest BCUT2D eigenvalue weighted by molar-refractivity contribution is 5.89. The van der Waals surface area contributed by atoms with Crippen LogP contribution in [0.25, 0.3) is 0 Å². The fourth-order valence-corrected chi connectivity index (χ4v) is 2.56. The lowest BCUT2D eigenvalue weighted by Gasteiger charge is -2.21. The monoisotopic (exact) mass is 321 g/mol. The second-order valence-corrected chi connectivity index (χ2v) is 5.19. The number of methoxy groups -OCH3 is 2. The number of likely N-dealkylation sites (tertiary alicyclic amines) is 1. The van der Waals surface area contributed by atoms with Crippen LogP contribution in [-0.2, 0) is 19.0 Å². The van der Waals surface area contributed by atoms with Crippen LogP contribution in [0, 0.1) is 0 Å². The number of benzene rings is 1. The maximum Gasteiger partial charge on any atom is 0.409 e. The summed E-state index contributed by atoms with van der Waals surface area (Å²) in [6.07, 6.45) is -0.651. The van der Waals surface area contributed by atoms with Gasteiger partial charge in [-0.05, 0) is 12.1 Å². The minimum absolute atomic E-state index is 0.0327. The minimum Gasteiger partial charge on any atom is -0.469 e. The molecule has 1 fully saturated rings. The maximum atomic E-state index is 12.1. The molecule has 1 aromatic rings. The van der Waals surface area contributed by atoms with Gasteiger partial charge in [0.1, 0.15) is 6.10 Å². The zero-order chi connectivity index (χ0) is 16.8. The lowest BCUT2D eigenvalue weighted by molar-refractivity contribution is -0.141. The average molecular weight is 321 g/mol. The normalized spacial score (nSPS) is 20.0. The number of esters is 2. The Morgan fingerprint density at radius 3 is 2.43 bits per heavy atom. The molecule has 2 atom stereocenters. The Bertz CT molecular complexity index is 573. The molecule has 0 saturated carbocycles. The first-order valence-electron chi connectivity index (χ1n) is 7.22. The van der Waals surface area contributed by atoms with Crippen LogP contribution < -0.4 is 0 Å². The lowest BCUT2D eigenvalue weighted by atomic mass is 10.1. The van der Waals surface area contributed by atoms with Gasteiger partial charge in [0.2, 0.25) is 0 Å². The van der Waals surface area contributed by atoms with Crippen molar-refractivity contribution < 1.29 is 28.6 Å². The van der Waals surface area contributed by atoms with Crippen molar-refractivity contribution in [3.05, 3.63) is 35.9 Å². The summed E-state index contributed by atoms with van der Waals surface area (Å²) in [7, 11) is 2.55. The molecule has 1 heterocycles. The standard InChI is InChI=1S/C16H19NO6/c1-21-14(18)9-12-8-13(10-17(12)16(20)22-2)23-15(19)11-6-4-3-5-7-11/h3-7,12-13H,8-10H2,1-2H3/t12-,13+/m0/s1. The van der Waals surface area contributed by atoms with Gasteiger partial charge >= 0.3 is 18.0 Å². The molecule has 0 N–H and O–H groups in total. The summed E-state index contributed by atoms with van der Waals surface area (Å²) < 4.78 is 14.8. The molecule has 0 spiro atoms. The molecule has 7 nitrogen and oxygen atoms in total. The number of rotatable bonds is 4. The van der Waals surface area contributed by atoms with Crippen molar-refractivity contribution in [3.63, 3.8) is 0 Å². The number of carbonyl (C=O) groups is 3. The van der Waals surface area contributed by atoms with Crippen molar-refractivity contribution in [3.8, 4) is 0 Å². The van der Waals surface area contributed by atoms with Gasteiger partial charge in [-0.3, -0.25) is 4.79 Å². The molecule has 0 bridgehead atoms. The fourth-order valence-electron chi connectivity index (χ4n) is 2.56. The molecule has 1 amide bonds. The highest BCUT2D eigenvalue weighted by atomic mass is 16.6. The summed E-state index contributed by atoms with van der Waals surface area (Å²) in [5.74, 6) is -0.891. The molecule has 23 heavy (non-hydrogen) atoms. The first-order chi connectivity index (χ1) is 11.0. The van der Waals surface area contributed by atoms with Gasteiger partial charge < -0.3 is 19.1 Å². The molecule has 124 valence electrons. The highest BCUT2D eigenvalue weighted by Crippen LogP contribution is 2.25. The Labute approximate surface area is 134 Å². The quantitative estimate of drug-likeness (QED) is 0.619. The molecule has 0 aromatic heterocycles. The van der Waals surface area contributed by atoms with Gasteiger partial charge in [-0.25, -0.2) is 9.59 Å². The van der Waals surface area contributed by atoms with E-state index in [9.17, 15) is 14.4 Å². The number of ether oxygens (including phenoxy) is 3. The van der Waals surface area contributed by atoms with Crippen LogP contribution in [0.3, 0.4) is 0 Å². The van der Waals surface area contributed by atoms with Crippen LogP contribution >= 0.6 is 0 Å². The fraction of sp³-hybridized carbons (Fsp3) is 0.438. The molecule has 1 aromatic carbocycles. The van der Waals surface area contributed by atoms with Crippen molar-refractivity contribution in [2.24, 2.45) is 0 Å². The van der Waals surface area contributed by atoms with E-state index in [1.54, 1.807) is 30.3 Å². The lowest BCUT2D eigenvalue weighted by Crippen LogP contribution is -2.37. The molecule has 1 aliphatic heterocycles. The van der Waals surface area contributed by atoms with E-state index < -0.39 is 30.2 Å². The Balaban J connectivity index is 2.02. The van der Waals surface area contributed by atoms with Gasteiger partial charge in [0.05, 0.1) is 32.7 Å². The van der Waals surface area contributed by atoms with Gasteiger partial charge in [-0.2, -0.15) is 0 Å². The van der Waals surface area contributed by atoms with Crippen LogP contribution in [-0.4, -0.2) is 55.8 Å². The number of amides is 1. The zero-order valence-corrected chi connectivity index (χ0v) is 13.1. The molecule has 1 aliphatic rings. The summed E-state index contributed by atoms with van der Waals surface area (Å²) in [5.41, 5.74) is 0.438. The highest BCUT2D eigenvalue weighted by Gasteiger charge is 2.39. The van der Waals surface area contributed by atoms with E-state index in [2.05, 4.69) is 4.74 Å². The average Bonchev–Trinajstić information content (AvgIpc) is 2.96. The molecule has 0 unspecified atom stereocenters. The van der Waals surface area contributed by atoms with Gasteiger partial charge in [0.25, 0.3) is 0 Å². The van der Waals surface area contributed by atoms with Crippen LogP contribution in [0.4, 0.5) is 4.79 Å². The van der Waals surface area contributed by atoms with Crippen molar-refractivity contribution in [1.29, 1.82) is 0 Å². The maximum absolute atomic E-state index is 12.1. The summed E-state index contributed by atoms with van der Waals surface area (Å²) in [5, 5.41) is 0. The predicted molar refractivity (Wildman–Crippen MR) is 79.8 cm³/mol. The van der Waals surface area contributed by atoms with E-state index in [1.807, 2.05) is 0 Å². The molecular formula is C16H19NO6. The van der Waals surface area contributed by atoms with Crippen LogP contribution in [0.15, 0.2) is 30.3 Å². The summed E-state index contributed by atoms with van der Waals surface area (Å²) >= 11 is 0. The predicted octanol–water partition coefficient (Wildman–Crippen LogP) is 1.62. The summed E-state index contributed by atoms with van der Waals surface area (Å²) in [6, 6.07) is 8.18. The summed E-state index contributed by atoms with van der Waals surface area (Å²) in [6.45, 7) is 0.187. The van der Waals surface area contributed by atoms with Gasteiger partial charge in [-0.15, -0.1) is 0 Å². The van der Waals surface area contributed by atoms with Crippen LogP contribution in [0.1, 0.15) is 23.2 Å². The third kappa shape index (κ3) is 4.21. The molecule has 0 aliphatic carbocycles. The number of hydrogen-bond acceptors (Lipinski definition) is 6. The number of nitrogens with zero attached hydrogens (tertiary/aromatic N) is 1. The van der Waals surface area contributed by atoms with Crippen LogP contribution in [0.5, 0.6) is 0 Å². The molecular weight excluding hydrogens is 302 g/mol. The Morgan fingerprint density at radius 2 is 1.83 bits per heavy atom.